The van der Waals surface area contributed by atoms with E-state index in [9.17, 15) is 4.79 Å². The molecule has 0 bridgehead atoms. The average Bonchev–Trinajstić information content (AvgIpc) is 2.97. The number of carbonyl (C=O) groups is 1. The molecule has 1 aromatic carbocycles. The molecule has 0 saturated carbocycles. The van der Waals surface area contributed by atoms with E-state index < -0.39 is 0 Å². The predicted octanol–water partition coefficient (Wildman–Crippen LogP) is 2.36. The molecule has 0 aliphatic carbocycles. The van der Waals surface area contributed by atoms with Gasteiger partial charge >= 0.3 is 0 Å². The summed E-state index contributed by atoms with van der Waals surface area (Å²) in [4.78, 5) is 20.2. The molecule has 1 aliphatic heterocycles. The van der Waals surface area contributed by atoms with E-state index in [0.29, 0.717) is 18.8 Å². The summed E-state index contributed by atoms with van der Waals surface area (Å²) in [5, 5.41) is 2.92. The molecule has 1 N–H and O–H groups in total. The highest BCUT2D eigenvalue weighted by molar-refractivity contribution is 5.75. The fourth-order valence-electron chi connectivity index (χ4n) is 2.61. The first kappa shape index (κ1) is 14.5. The van der Waals surface area contributed by atoms with Gasteiger partial charge in [-0.25, -0.2) is 9.97 Å². The number of nitrogens with zero attached hydrogens (tertiary/aromatic N) is 2. The van der Waals surface area contributed by atoms with Gasteiger partial charge in [-0.15, -0.1) is 0 Å². The number of benzene rings is 1. The lowest BCUT2D eigenvalue weighted by Crippen LogP contribution is -2.34. The molecular formula is C17H19N3O2. The van der Waals surface area contributed by atoms with Crippen molar-refractivity contribution in [3.8, 4) is 17.1 Å². The van der Waals surface area contributed by atoms with Crippen LogP contribution in [0.2, 0.25) is 0 Å². The number of amides is 1. The molecule has 0 saturated heterocycles. The smallest absolute Gasteiger partial charge is 0.220 e. The zero-order chi connectivity index (χ0) is 15.4. The van der Waals surface area contributed by atoms with Gasteiger partial charge in [0.2, 0.25) is 5.91 Å². The van der Waals surface area contributed by atoms with Crippen molar-refractivity contribution < 1.29 is 9.53 Å². The molecule has 1 aliphatic rings. The fraction of sp³-hybridized carbons (Fsp3) is 0.353. The zero-order valence-electron chi connectivity index (χ0n) is 12.6. The molecule has 1 amide bonds. The molecular weight excluding hydrogens is 278 g/mol. The van der Waals surface area contributed by atoms with Crippen LogP contribution in [0.25, 0.3) is 11.4 Å². The zero-order valence-corrected chi connectivity index (χ0v) is 12.6. The molecule has 1 atom stereocenters. The molecule has 3 rings (SSSR count). The maximum absolute atomic E-state index is 11.6. The third-order valence-electron chi connectivity index (χ3n) is 3.64. The highest BCUT2D eigenvalue weighted by Crippen LogP contribution is 2.37. The van der Waals surface area contributed by atoms with Crippen LogP contribution in [0.15, 0.2) is 36.7 Å². The first-order valence-electron chi connectivity index (χ1n) is 7.60. The minimum atomic E-state index is -0.0272. The minimum Gasteiger partial charge on any atom is -0.487 e. The number of nitrogens with one attached hydrogen (secondary N) is 1. The van der Waals surface area contributed by atoms with E-state index in [1.807, 2.05) is 19.1 Å². The number of ether oxygens (including phenoxy) is 1. The van der Waals surface area contributed by atoms with E-state index in [0.717, 1.165) is 29.7 Å². The first-order chi connectivity index (χ1) is 10.8. The normalized spacial score (nSPS) is 16.0. The quantitative estimate of drug-likeness (QED) is 0.920. The standard InChI is InChI=1S/C17H19N3O2/c1-2-5-15(21)20-11-13-10-12-6-3-7-14(16(12)22-13)17-18-8-4-9-19-17/h3-4,6-9,13H,2,5,10-11H2,1H3,(H,20,21). The summed E-state index contributed by atoms with van der Waals surface area (Å²) < 4.78 is 6.03. The van der Waals surface area contributed by atoms with Crippen LogP contribution in [0.5, 0.6) is 5.75 Å². The first-order valence-corrected chi connectivity index (χ1v) is 7.60. The molecule has 22 heavy (non-hydrogen) atoms. The van der Waals surface area contributed by atoms with Crippen molar-refractivity contribution in [2.24, 2.45) is 0 Å². The third-order valence-corrected chi connectivity index (χ3v) is 3.64. The summed E-state index contributed by atoms with van der Waals surface area (Å²) in [6, 6.07) is 7.80. The van der Waals surface area contributed by atoms with Gasteiger partial charge in [0.05, 0.1) is 12.1 Å². The summed E-state index contributed by atoms with van der Waals surface area (Å²) in [5.41, 5.74) is 2.04. The minimum absolute atomic E-state index is 0.0272. The Morgan fingerprint density at radius 3 is 2.91 bits per heavy atom. The van der Waals surface area contributed by atoms with Gasteiger partial charge in [0.15, 0.2) is 5.82 Å². The topological polar surface area (TPSA) is 64.1 Å². The molecule has 1 unspecified atom stereocenters. The van der Waals surface area contributed by atoms with Crippen LogP contribution in [0.1, 0.15) is 25.3 Å². The van der Waals surface area contributed by atoms with Crippen molar-refractivity contribution in [2.75, 3.05) is 6.54 Å². The van der Waals surface area contributed by atoms with Crippen molar-refractivity contribution in [1.82, 2.24) is 15.3 Å². The van der Waals surface area contributed by atoms with Crippen molar-refractivity contribution in [3.05, 3.63) is 42.2 Å². The molecule has 2 aromatic rings. The molecule has 2 heterocycles. The second-order valence-corrected chi connectivity index (χ2v) is 5.36. The van der Waals surface area contributed by atoms with Gasteiger partial charge in [-0.05, 0) is 24.1 Å². The maximum Gasteiger partial charge on any atom is 0.220 e. The Bertz CT molecular complexity index is 658. The van der Waals surface area contributed by atoms with Gasteiger partial charge in [-0.3, -0.25) is 4.79 Å². The SMILES string of the molecule is CCCC(=O)NCC1Cc2cccc(-c3ncccn3)c2O1. The number of hydrogen-bond donors (Lipinski definition) is 1. The summed E-state index contributed by atoms with van der Waals surface area (Å²) in [7, 11) is 0. The third kappa shape index (κ3) is 3.08. The Morgan fingerprint density at radius 2 is 2.14 bits per heavy atom. The van der Waals surface area contributed by atoms with Crippen LogP contribution in [0, 0.1) is 0 Å². The summed E-state index contributed by atoms with van der Waals surface area (Å²) in [6.07, 6.45) is 5.62. The van der Waals surface area contributed by atoms with E-state index in [4.69, 9.17) is 4.74 Å². The van der Waals surface area contributed by atoms with E-state index in [1.54, 1.807) is 18.5 Å². The van der Waals surface area contributed by atoms with Gasteiger partial charge in [0.25, 0.3) is 0 Å². The molecule has 0 radical (unpaired) electrons. The lowest BCUT2D eigenvalue weighted by atomic mass is 10.1. The molecule has 5 nitrogen and oxygen atoms in total. The Morgan fingerprint density at radius 1 is 1.32 bits per heavy atom. The van der Waals surface area contributed by atoms with Crippen LogP contribution in [-0.2, 0) is 11.2 Å². The number of fused-ring (bicyclic) bond motifs is 1. The van der Waals surface area contributed by atoms with E-state index in [2.05, 4.69) is 21.4 Å². The molecule has 5 heteroatoms. The molecule has 1 aromatic heterocycles. The van der Waals surface area contributed by atoms with E-state index in [1.165, 1.54) is 0 Å². The van der Waals surface area contributed by atoms with Crippen molar-refractivity contribution in [1.29, 1.82) is 0 Å². The van der Waals surface area contributed by atoms with Crippen LogP contribution in [-0.4, -0.2) is 28.5 Å². The summed E-state index contributed by atoms with van der Waals surface area (Å²) in [6.45, 7) is 2.52. The molecule has 0 spiro atoms. The van der Waals surface area contributed by atoms with Crippen LogP contribution in [0.3, 0.4) is 0 Å². The lowest BCUT2D eigenvalue weighted by molar-refractivity contribution is -0.121. The van der Waals surface area contributed by atoms with E-state index >= 15 is 0 Å². The lowest BCUT2D eigenvalue weighted by Gasteiger charge is -2.13. The number of para-hydroxylation sites is 1. The average molecular weight is 297 g/mol. The van der Waals surface area contributed by atoms with Crippen LogP contribution >= 0.6 is 0 Å². The Balaban J connectivity index is 1.72. The fourth-order valence-corrected chi connectivity index (χ4v) is 2.61. The summed E-state index contributed by atoms with van der Waals surface area (Å²) >= 11 is 0. The highest BCUT2D eigenvalue weighted by atomic mass is 16.5. The van der Waals surface area contributed by atoms with Crippen molar-refractivity contribution in [3.63, 3.8) is 0 Å². The maximum atomic E-state index is 11.6. The molecule has 0 fully saturated rings. The van der Waals surface area contributed by atoms with Crippen molar-refractivity contribution in [2.45, 2.75) is 32.3 Å². The Kier molecular flexibility index (Phi) is 4.32. The Hall–Kier alpha value is -2.43. The number of hydrogen-bond acceptors (Lipinski definition) is 4. The number of rotatable bonds is 5. The van der Waals surface area contributed by atoms with Gasteiger partial charge in [-0.1, -0.05) is 19.1 Å². The second-order valence-electron chi connectivity index (χ2n) is 5.36. The van der Waals surface area contributed by atoms with Crippen LogP contribution in [0.4, 0.5) is 0 Å². The highest BCUT2D eigenvalue weighted by Gasteiger charge is 2.26. The monoisotopic (exact) mass is 297 g/mol. The van der Waals surface area contributed by atoms with Crippen molar-refractivity contribution >= 4 is 5.91 Å². The number of aromatic nitrogens is 2. The van der Waals surface area contributed by atoms with Gasteiger partial charge in [0.1, 0.15) is 11.9 Å². The number of carbonyl (C=O) groups excluding carboxylic acids is 1. The van der Waals surface area contributed by atoms with Crippen LogP contribution < -0.4 is 10.1 Å². The van der Waals surface area contributed by atoms with Gasteiger partial charge in [-0.2, -0.15) is 0 Å². The summed E-state index contributed by atoms with van der Waals surface area (Å²) in [5.74, 6) is 1.58. The van der Waals surface area contributed by atoms with Gasteiger partial charge in [0, 0.05) is 25.2 Å². The van der Waals surface area contributed by atoms with Gasteiger partial charge < -0.3 is 10.1 Å². The molecule has 114 valence electrons. The predicted molar refractivity (Wildman–Crippen MR) is 83.5 cm³/mol. The largest absolute Gasteiger partial charge is 0.487 e. The Labute approximate surface area is 129 Å². The second kappa shape index (κ2) is 6.56. The van der Waals surface area contributed by atoms with E-state index in [-0.39, 0.29) is 12.0 Å².